The van der Waals surface area contributed by atoms with Crippen LogP contribution in [0, 0.1) is 0 Å². The highest BCUT2D eigenvalue weighted by atomic mass is 16.1. The molecule has 0 aliphatic carbocycles. The molecule has 0 aromatic carbocycles. The summed E-state index contributed by atoms with van der Waals surface area (Å²) < 4.78 is 1.77. The number of likely N-dealkylation sites (N-methyl/N-ethyl adjacent to an activating group) is 1. The fourth-order valence-corrected chi connectivity index (χ4v) is 2.42. The van der Waals surface area contributed by atoms with Crippen molar-refractivity contribution in [2.75, 3.05) is 14.1 Å². The molecule has 4 heteroatoms. The van der Waals surface area contributed by atoms with Crippen molar-refractivity contribution in [2.24, 2.45) is 0 Å². The van der Waals surface area contributed by atoms with E-state index >= 15 is 0 Å². The second-order valence-corrected chi connectivity index (χ2v) is 4.49. The average Bonchev–Trinajstić information content (AvgIpc) is 2.78. The third-order valence-electron chi connectivity index (χ3n) is 3.70. The average molecular weight is 237 g/mol. The van der Waals surface area contributed by atoms with Crippen LogP contribution in [0.1, 0.15) is 44.1 Å². The molecule has 4 nitrogen and oxygen atoms in total. The molecular formula is C13H23N3O. The van der Waals surface area contributed by atoms with Crippen molar-refractivity contribution >= 4 is 5.78 Å². The largest absolute Gasteiger partial charge is 0.297 e. The molecule has 17 heavy (non-hydrogen) atoms. The van der Waals surface area contributed by atoms with Crippen LogP contribution in [0.2, 0.25) is 0 Å². The van der Waals surface area contributed by atoms with E-state index < -0.39 is 5.54 Å². The highest BCUT2D eigenvalue weighted by Crippen LogP contribution is 2.26. The molecule has 1 rings (SSSR count). The molecule has 0 saturated carbocycles. The first kappa shape index (κ1) is 13.9. The summed E-state index contributed by atoms with van der Waals surface area (Å²) in [5.41, 5.74) is 0.303. The van der Waals surface area contributed by atoms with Crippen molar-refractivity contribution in [3.05, 3.63) is 18.0 Å². The molecule has 0 atom stereocenters. The number of aromatic nitrogens is 2. The molecule has 1 aromatic rings. The van der Waals surface area contributed by atoms with Gasteiger partial charge in [0.05, 0.1) is 5.54 Å². The van der Waals surface area contributed by atoms with Crippen molar-refractivity contribution in [2.45, 2.75) is 45.7 Å². The minimum Gasteiger partial charge on any atom is -0.297 e. The number of ketones is 1. The van der Waals surface area contributed by atoms with Gasteiger partial charge in [-0.2, -0.15) is 5.10 Å². The zero-order valence-electron chi connectivity index (χ0n) is 11.5. The van der Waals surface area contributed by atoms with Crippen LogP contribution in [0.5, 0.6) is 0 Å². The topological polar surface area (TPSA) is 38.1 Å². The first-order valence-electron chi connectivity index (χ1n) is 6.27. The van der Waals surface area contributed by atoms with Gasteiger partial charge in [-0.15, -0.1) is 0 Å². The predicted molar refractivity (Wildman–Crippen MR) is 69.2 cm³/mol. The van der Waals surface area contributed by atoms with Gasteiger partial charge in [0.2, 0.25) is 5.78 Å². The van der Waals surface area contributed by atoms with Crippen LogP contribution in [-0.2, 0) is 6.54 Å². The van der Waals surface area contributed by atoms with Gasteiger partial charge in [-0.3, -0.25) is 14.4 Å². The summed E-state index contributed by atoms with van der Waals surface area (Å²) in [6, 6.07) is 1.81. The number of Topliss-reactive ketones (excluding diaryl/α,β-unsaturated/α-hetero) is 1. The van der Waals surface area contributed by atoms with Gasteiger partial charge < -0.3 is 0 Å². The maximum Gasteiger partial charge on any atom is 0.200 e. The molecule has 0 N–H and O–H groups in total. The monoisotopic (exact) mass is 237 g/mol. The SMILES string of the molecule is CCn1nccc1C(=O)C(CC)(CC)N(C)C. The second kappa shape index (κ2) is 5.45. The van der Waals surface area contributed by atoms with Gasteiger partial charge in [0, 0.05) is 12.7 Å². The van der Waals surface area contributed by atoms with Crippen molar-refractivity contribution in [1.82, 2.24) is 14.7 Å². The maximum absolute atomic E-state index is 12.7. The fourth-order valence-electron chi connectivity index (χ4n) is 2.42. The van der Waals surface area contributed by atoms with E-state index in [0.29, 0.717) is 5.69 Å². The molecule has 0 bridgehead atoms. The first-order chi connectivity index (χ1) is 8.03. The van der Waals surface area contributed by atoms with E-state index in [1.807, 2.05) is 32.0 Å². The van der Waals surface area contributed by atoms with Crippen LogP contribution in [-0.4, -0.2) is 40.1 Å². The van der Waals surface area contributed by atoms with Gasteiger partial charge in [0.1, 0.15) is 5.69 Å². The van der Waals surface area contributed by atoms with Crippen LogP contribution < -0.4 is 0 Å². The van der Waals surface area contributed by atoms with Crippen molar-refractivity contribution in [1.29, 1.82) is 0 Å². The number of carbonyl (C=O) groups excluding carboxylic acids is 1. The van der Waals surface area contributed by atoms with E-state index in [4.69, 9.17) is 0 Å². The molecule has 0 aliphatic rings. The zero-order valence-corrected chi connectivity index (χ0v) is 11.5. The molecule has 1 aromatic heterocycles. The summed E-state index contributed by atoms with van der Waals surface area (Å²) in [5, 5.41) is 4.17. The molecule has 96 valence electrons. The molecule has 0 unspecified atom stereocenters. The number of nitrogens with zero attached hydrogens (tertiary/aromatic N) is 3. The van der Waals surface area contributed by atoms with E-state index in [1.165, 1.54) is 0 Å². The van der Waals surface area contributed by atoms with Gasteiger partial charge in [-0.25, -0.2) is 0 Å². The number of carbonyl (C=O) groups is 1. The molecule has 0 radical (unpaired) electrons. The lowest BCUT2D eigenvalue weighted by Crippen LogP contribution is -2.50. The Morgan fingerprint density at radius 3 is 2.35 bits per heavy atom. The van der Waals surface area contributed by atoms with Crippen LogP contribution in [0.3, 0.4) is 0 Å². The maximum atomic E-state index is 12.7. The summed E-state index contributed by atoms with van der Waals surface area (Å²) in [7, 11) is 3.94. The van der Waals surface area contributed by atoms with E-state index in [1.54, 1.807) is 10.9 Å². The minimum absolute atomic E-state index is 0.173. The molecule has 0 spiro atoms. The minimum atomic E-state index is -0.410. The number of hydrogen-bond donors (Lipinski definition) is 0. The number of aryl methyl sites for hydroxylation is 1. The lowest BCUT2D eigenvalue weighted by Gasteiger charge is -2.36. The summed E-state index contributed by atoms with van der Waals surface area (Å²) in [6.07, 6.45) is 3.32. The third-order valence-corrected chi connectivity index (χ3v) is 3.70. The van der Waals surface area contributed by atoms with Gasteiger partial charge in [0.15, 0.2) is 0 Å². The summed E-state index contributed by atoms with van der Waals surface area (Å²) >= 11 is 0. The summed E-state index contributed by atoms with van der Waals surface area (Å²) in [6.45, 7) is 6.85. The standard InChI is InChI=1S/C13H23N3O/c1-6-13(7-2,15(4)5)12(17)11-9-10-14-16(11)8-3/h9-10H,6-8H2,1-5H3. The molecule has 0 saturated heterocycles. The highest BCUT2D eigenvalue weighted by Gasteiger charge is 2.38. The van der Waals surface area contributed by atoms with Gasteiger partial charge >= 0.3 is 0 Å². The Balaban J connectivity index is 3.17. The van der Waals surface area contributed by atoms with Crippen LogP contribution in [0.4, 0.5) is 0 Å². The first-order valence-corrected chi connectivity index (χ1v) is 6.27. The molecule has 1 heterocycles. The van der Waals surface area contributed by atoms with Crippen LogP contribution in [0.25, 0.3) is 0 Å². The second-order valence-electron chi connectivity index (χ2n) is 4.49. The van der Waals surface area contributed by atoms with Crippen molar-refractivity contribution in [3.63, 3.8) is 0 Å². The Kier molecular flexibility index (Phi) is 4.46. The number of rotatable bonds is 6. The van der Waals surface area contributed by atoms with Crippen LogP contribution >= 0.6 is 0 Å². The Labute approximate surface area is 104 Å². The van der Waals surface area contributed by atoms with Gasteiger partial charge in [0.25, 0.3) is 0 Å². The van der Waals surface area contributed by atoms with E-state index in [9.17, 15) is 4.79 Å². The van der Waals surface area contributed by atoms with E-state index in [0.717, 1.165) is 19.4 Å². The Hall–Kier alpha value is -1.16. The van der Waals surface area contributed by atoms with Crippen molar-refractivity contribution < 1.29 is 4.79 Å². The summed E-state index contributed by atoms with van der Waals surface area (Å²) in [4.78, 5) is 14.7. The smallest absolute Gasteiger partial charge is 0.200 e. The quantitative estimate of drug-likeness (QED) is 0.712. The summed E-state index contributed by atoms with van der Waals surface area (Å²) in [5.74, 6) is 0.173. The lowest BCUT2D eigenvalue weighted by atomic mass is 9.85. The van der Waals surface area contributed by atoms with Crippen molar-refractivity contribution in [3.8, 4) is 0 Å². The zero-order chi connectivity index (χ0) is 13.1. The Bertz CT molecular complexity index is 378. The fraction of sp³-hybridized carbons (Fsp3) is 0.692. The molecular weight excluding hydrogens is 214 g/mol. The van der Waals surface area contributed by atoms with E-state index in [-0.39, 0.29) is 5.78 Å². The third kappa shape index (κ3) is 2.27. The Morgan fingerprint density at radius 1 is 1.35 bits per heavy atom. The van der Waals surface area contributed by atoms with Gasteiger partial charge in [-0.1, -0.05) is 13.8 Å². The van der Waals surface area contributed by atoms with Crippen LogP contribution in [0.15, 0.2) is 12.3 Å². The molecule has 0 amide bonds. The van der Waals surface area contributed by atoms with Gasteiger partial charge in [-0.05, 0) is 39.9 Å². The lowest BCUT2D eigenvalue weighted by molar-refractivity contribution is 0.0644. The van der Waals surface area contributed by atoms with E-state index in [2.05, 4.69) is 18.9 Å². The highest BCUT2D eigenvalue weighted by molar-refractivity contribution is 6.01. The normalized spacial score (nSPS) is 12.1. The Morgan fingerprint density at radius 2 is 1.94 bits per heavy atom. The molecule has 0 fully saturated rings. The number of hydrogen-bond acceptors (Lipinski definition) is 3. The molecule has 0 aliphatic heterocycles. The predicted octanol–water partition coefficient (Wildman–Crippen LogP) is 2.21.